The highest BCUT2D eigenvalue weighted by Crippen LogP contribution is 2.13. The fourth-order valence-corrected chi connectivity index (χ4v) is 1.52. The molecule has 1 aromatic rings. The number of carboxylic acids is 1. The van der Waals surface area contributed by atoms with Crippen LogP contribution < -0.4 is 4.74 Å². The molecule has 0 amide bonds. The summed E-state index contributed by atoms with van der Waals surface area (Å²) in [6.07, 6.45) is 0. The van der Waals surface area contributed by atoms with E-state index in [0.717, 1.165) is 19.6 Å². The van der Waals surface area contributed by atoms with Crippen LogP contribution in [0.25, 0.3) is 0 Å². The summed E-state index contributed by atoms with van der Waals surface area (Å²) in [4.78, 5) is 15.1. The second-order valence-corrected chi connectivity index (χ2v) is 4.79. The van der Waals surface area contributed by atoms with Gasteiger partial charge in [-0.25, -0.2) is 4.79 Å². The molecule has 106 valence electrons. The highest BCUT2D eigenvalue weighted by Gasteiger charge is 2.04. The Bertz CT molecular complexity index is 407. The quantitative estimate of drug-likeness (QED) is 0.767. The first-order valence-electron chi connectivity index (χ1n) is 6.28. The first-order chi connectivity index (χ1) is 8.99. The number of rotatable bonds is 8. The zero-order valence-electron chi connectivity index (χ0n) is 11.8. The number of carbonyl (C=O) groups is 1. The Labute approximate surface area is 114 Å². The standard InChI is InChI=1S/C14H22N2O3/c1-15(2)7-8-16(3)9-10-19-13-6-4-5-12(11-13)14(17)18/h4-6,11H,7-10H2,1-3H3,(H,17,18). The Balaban J connectivity index is 2.32. The lowest BCUT2D eigenvalue weighted by Gasteiger charge is -2.19. The van der Waals surface area contributed by atoms with Crippen molar-refractivity contribution in [3.63, 3.8) is 0 Å². The predicted molar refractivity (Wildman–Crippen MR) is 74.9 cm³/mol. The number of ether oxygens (including phenoxy) is 1. The van der Waals surface area contributed by atoms with E-state index in [9.17, 15) is 4.79 Å². The summed E-state index contributed by atoms with van der Waals surface area (Å²) < 4.78 is 5.56. The van der Waals surface area contributed by atoms with Crippen molar-refractivity contribution in [3.8, 4) is 5.75 Å². The first-order valence-corrected chi connectivity index (χ1v) is 6.28. The minimum Gasteiger partial charge on any atom is -0.492 e. The van der Waals surface area contributed by atoms with Gasteiger partial charge in [0.15, 0.2) is 0 Å². The van der Waals surface area contributed by atoms with E-state index in [1.807, 2.05) is 21.1 Å². The van der Waals surface area contributed by atoms with E-state index < -0.39 is 5.97 Å². The van der Waals surface area contributed by atoms with Crippen LogP contribution >= 0.6 is 0 Å². The van der Waals surface area contributed by atoms with Crippen LogP contribution in [0.4, 0.5) is 0 Å². The second-order valence-electron chi connectivity index (χ2n) is 4.79. The van der Waals surface area contributed by atoms with Crippen molar-refractivity contribution in [1.29, 1.82) is 0 Å². The van der Waals surface area contributed by atoms with E-state index in [1.165, 1.54) is 0 Å². The van der Waals surface area contributed by atoms with Gasteiger partial charge in [0.05, 0.1) is 5.56 Å². The average Bonchev–Trinajstić information content (AvgIpc) is 2.36. The van der Waals surface area contributed by atoms with Gasteiger partial charge in [-0.2, -0.15) is 0 Å². The fraction of sp³-hybridized carbons (Fsp3) is 0.500. The van der Waals surface area contributed by atoms with Gasteiger partial charge in [-0.1, -0.05) is 6.07 Å². The lowest BCUT2D eigenvalue weighted by Crippen LogP contribution is -2.31. The van der Waals surface area contributed by atoms with Crippen molar-refractivity contribution in [3.05, 3.63) is 29.8 Å². The molecule has 0 atom stereocenters. The van der Waals surface area contributed by atoms with E-state index in [1.54, 1.807) is 24.3 Å². The summed E-state index contributed by atoms with van der Waals surface area (Å²) in [6, 6.07) is 6.56. The summed E-state index contributed by atoms with van der Waals surface area (Å²) in [6.45, 7) is 3.34. The second kappa shape index (κ2) is 7.76. The number of benzene rings is 1. The smallest absolute Gasteiger partial charge is 0.335 e. The maximum absolute atomic E-state index is 10.8. The molecule has 1 rings (SSSR count). The molecular weight excluding hydrogens is 244 g/mol. The molecule has 0 aromatic heterocycles. The van der Waals surface area contributed by atoms with E-state index in [-0.39, 0.29) is 5.56 Å². The van der Waals surface area contributed by atoms with Gasteiger partial charge in [0, 0.05) is 19.6 Å². The minimum atomic E-state index is -0.937. The van der Waals surface area contributed by atoms with Gasteiger partial charge in [0.1, 0.15) is 12.4 Å². The van der Waals surface area contributed by atoms with E-state index in [2.05, 4.69) is 9.80 Å². The molecule has 1 N–H and O–H groups in total. The molecular formula is C14H22N2O3. The topological polar surface area (TPSA) is 53.0 Å². The monoisotopic (exact) mass is 266 g/mol. The summed E-state index contributed by atoms with van der Waals surface area (Å²) in [7, 11) is 6.13. The van der Waals surface area contributed by atoms with Crippen LogP contribution in [0.5, 0.6) is 5.75 Å². The van der Waals surface area contributed by atoms with Gasteiger partial charge in [0.2, 0.25) is 0 Å². The minimum absolute atomic E-state index is 0.249. The van der Waals surface area contributed by atoms with Crippen LogP contribution in [0.15, 0.2) is 24.3 Å². The third-order valence-electron chi connectivity index (χ3n) is 2.75. The Morgan fingerprint density at radius 2 is 1.95 bits per heavy atom. The van der Waals surface area contributed by atoms with Gasteiger partial charge in [-0.05, 0) is 39.3 Å². The van der Waals surface area contributed by atoms with Gasteiger partial charge >= 0.3 is 5.97 Å². The number of nitrogens with zero attached hydrogens (tertiary/aromatic N) is 2. The molecule has 0 aliphatic rings. The Morgan fingerprint density at radius 1 is 1.21 bits per heavy atom. The zero-order chi connectivity index (χ0) is 14.3. The van der Waals surface area contributed by atoms with Crippen LogP contribution in [0.1, 0.15) is 10.4 Å². The summed E-state index contributed by atoms with van der Waals surface area (Å²) >= 11 is 0. The normalized spacial score (nSPS) is 11.0. The Morgan fingerprint density at radius 3 is 2.58 bits per heavy atom. The highest BCUT2D eigenvalue weighted by molar-refractivity contribution is 5.87. The molecule has 0 saturated carbocycles. The maximum atomic E-state index is 10.8. The maximum Gasteiger partial charge on any atom is 0.335 e. The van der Waals surface area contributed by atoms with Crippen molar-refractivity contribution in [2.75, 3.05) is 47.4 Å². The van der Waals surface area contributed by atoms with Gasteiger partial charge in [0.25, 0.3) is 0 Å². The van der Waals surface area contributed by atoms with Crippen LogP contribution in [-0.4, -0.2) is 68.3 Å². The predicted octanol–water partition coefficient (Wildman–Crippen LogP) is 1.26. The van der Waals surface area contributed by atoms with Gasteiger partial charge < -0.3 is 19.6 Å². The highest BCUT2D eigenvalue weighted by atomic mass is 16.5. The number of hydrogen-bond acceptors (Lipinski definition) is 4. The van der Waals surface area contributed by atoms with Crippen molar-refractivity contribution >= 4 is 5.97 Å². The van der Waals surface area contributed by atoms with Gasteiger partial charge in [-0.15, -0.1) is 0 Å². The molecule has 5 heteroatoms. The zero-order valence-corrected chi connectivity index (χ0v) is 11.8. The SMILES string of the molecule is CN(C)CCN(C)CCOc1cccc(C(=O)O)c1. The van der Waals surface area contributed by atoms with Crippen molar-refractivity contribution < 1.29 is 14.6 Å². The van der Waals surface area contributed by atoms with Gasteiger partial charge in [-0.3, -0.25) is 0 Å². The van der Waals surface area contributed by atoms with E-state index in [4.69, 9.17) is 9.84 Å². The lowest BCUT2D eigenvalue weighted by atomic mass is 10.2. The first kappa shape index (κ1) is 15.5. The summed E-state index contributed by atoms with van der Waals surface area (Å²) in [5.74, 6) is -0.338. The fourth-order valence-electron chi connectivity index (χ4n) is 1.52. The third-order valence-corrected chi connectivity index (χ3v) is 2.75. The number of carboxylic acid groups (broad SMARTS) is 1. The van der Waals surface area contributed by atoms with Crippen molar-refractivity contribution in [1.82, 2.24) is 9.80 Å². The molecule has 0 spiro atoms. The van der Waals surface area contributed by atoms with E-state index >= 15 is 0 Å². The average molecular weight is 266 g/mol. The van der Waals surface area contributed by atoms with Crippen molar-refractivity contribution in [2.24, 2.45) is 0 Å². The molecule has 0 bridgehead atoms. The van der Waals surface area contributed by atoms with Crippen molar-refractivity contribution in [2.45, 2.75) is 0 Å². The van der Waals surface area contributed by atoms with Crippen LogP contribution in [-0.2, 0) is 0 Å². The van der Waals surface area contributed by atoms with Crippen LogP contribution in [0, 0.1) is 0 Å². The molecule has 0 radical (unpaired) electrons. The summed E-state index contributed by atoms with van der Waals surface area (Å²) in [5.41, 5.74) is 0.249. The molecule has 0 unspecified atom stereocenters. The molecule has 19 heavy (non-hydrogen) atoms. The molecule has 0 fully saturated rings. The molecule has 0 saturated heterocycles. The third kappa shape index (κ3) is 6.22. The molecule has 0 heterocycles. The molecule has 5 nitrogen and oxygen atoms in total. The van der Waals surface area contributed by atoms with Crippen LogP contribution in [0.2, 0.25) is 0 Å². The Kier molecular flexibility index (Phi) is 6.32. The number of hydrogen-bond donors (Lipinski definition) is 1. The molecule has 1 aromatic carbocycles. The van der Waals surface area contributed by atoms with E-state index in [0.29, 0.717) is 12.4 Å². The summed E-state index contributed by atoms with van der Waals surface area (Å²) in [5, 5.41) is 8.88. The largest absolute Gasteiger partial charge is 0.492 e. The molecule has 0 aliphatic heterocycles. The lowest BCUT2D eigenvalue weighted by molar-refractivity contribution is 0.0696. The number of likely N-dealkylation sites (N-methyl/N-ethyl adjacent to an activating group) is 2. The van der Waals surface area contributed by atoms with Crippen LogP contribution in [0.3, 0.4) is 0 Å². The Hall–Kier alpha value is -1.59. The molecule has 0 aliphatic carbocycles. The number of aromatic carboxylic acids is 1.